The molecule has 2 aromatic carbocycles. The summed E-state index contributed by atoms with van der Waals surface area (Å²) in [4.78, 5) is 22.3. The van der Waals surface area contributed by atoms with Gasteiger partial charge in [-0.25, -0.2) is 4.98 Å². The molecule has 5 nitrogen and oxygen atoms in total. The van der Waals surface area contributed by atoms with E-state index >= 15 is 0 Å². The van der Waals surface area contributed by atoms with E-state index in [2.05, 4.69) is 83.8 Å². The lowest BCUT2D eigenvalue weighted by Gasteiger charge is -2.34. The molecular formula is C29H30N4O. The molecule has 172 valence electrons. The van der Waals surface area contributed by atoms with Crippen molar-refractivity contribution in [2.75, 3.05) is 26.2 Å². The summed E-state index contributed by atoms with van der Waals surface area (Å²) in [6.45, 7) is 8.34. The molecule has 1 aliphatic heterocycles. The highest BCUT2D eigenvalue weighted by Crippen LogP contribution is 2.26. The molecule has 0 bridgehead atoms. The zero-order valence-corrected chi connectivity index (χ0v) is 19.8. The molecule has 3 heterocycles. The molecule has 0 atom stereocenters. The minimum absolute atomic E-state index is 0.0521. The van der Waals surface area contributed by atoms with Gasteiger partial charge in [0.1, 0.15) is 5.65 Å². The normalized spacial score (nSPS) is 14.8. The van der Waals surface area contributed by atoms with Crippen molar-refractivity contribution < 1.29 is 4.79 Å². The maximum absolute atomic E-state index is 13.0. The second kappa shape index (κ2) is 9.65. The van der Waals surface area contributed by atoms with Gasteiger partial charge >= 0.3 is 0 Å². The van der Waals surface area contributed by atoms with Gasteiger partial charge in [-0.15, -0.1) is 0 Å². The molecule has 0 aliphatic carbocycles. The van der Waals surface area contributed by atoms with Crippen LogP contribution in [-0.2, 0) is 11.3 Å². The number of fused-ring (bicyclic) bond motifs is 1. The molecule has 0 saturated carbocycles. The van der Waals surface area contributed by atoms with Gasteiger partial charge in [-0.2, -0.15) is 0 Å². The largest absolute Gasteiger partial charge is 0.337 e. The first-order valence-corrected chi connectivity index (χ1v) is 11.9. The molecule has 0 N–H and O–H groups in total. The first-order valence-electron chi connectivity index (χ1n) is 11.9. The number of aromatic nitrogens is 2. The second-order valence-electron chi connectivity index (χ2n) is 9.06. The number of pyridine rings is 1. The predicted molar refractivity (Wildman–Crippen MR) is 137 cm³/mol. The number of hydrogen-bond donors (Lipinski definition) is 0. The first kappa shape index (κ1) is 22.1. The van der Waals surface area contributed by atoms with Crippen LogP contribution in [0.15, 0.2) is 79.0 Å². The Morgan fingerprint density at radius 2 is 1.65 bits per heavy atom. The summed E-state index contributed by atoms with van der Waals surface area (Å²) in [6.07, 6.45) is 5.65. The number of carbonyl (C=O) groups excluding carboxylic acids is 1. The van der Waals surface area contributed by atoms with Crippen LogP contribution in [0.4, 0.5) is 0 Å². The molecule has 5 heteroatoms. The molecule has 1 saturated heterocycles. The van der Waals surface area contributed by atoms with Crippen LogP contribution in [-0.4, -0.2) is 51.3 Å². The number of hydrogen-bond acceptors (Lipinski definition) is 3. The van der Waals surface area contributed by atoms with Crippen molar-refractivity contribution >= 4 is 17.6 Å². The molecule has 5 rings (SSSR count). The predicted octanol–water partition coefficient (Wildman–Crippen LogP) is 4.98. The van der Waals surface area contributed by atoms with Crippen LogP contribution in [0, 0.1) is 13.8 Å². The Morgan fingerprint density at radius 1 is 0.912 bits per heavy atom. The zero-order chi connectivity index (χ0) is 23.5. The number of piperazine rings is 1. The third kappa shape index (κ3) is 4.80. The van der Waals surface area contributed by atoms with Gasteiger partial charge < -0.3 is 4.90 Å². The quantitative estimate of drug-likeness (QED) is 0.403. The first-order chi connectivity index (χ1) is 16.6. The van der Waals surface area contributed by atoms with Crippen molar-refractivity contribution in [1.82, 2.24) is 19.2 Å². The average Bonchev–Trinajstić information content (AvgIpc) is 3.21. The van der Waals surface area contributed by atoms with E-state index in [0.717, 1.165) is 60.9 Å². The summed E-state index contributed by atoms with van der Waals surface area (Å²) >= 11 is 0. The van der Waals surface area contributed by atoms with Crippen LogP contribution in [0.25, 0.3) is 23.0 Å². The standard InChI is InChI=1S/C29H30N4O/c1-22-8-10-25(11-9-22)29-26(33-15-14-23(2)20-27(33)30-29)12-13-28(34)32-18-16-31(17-19-32)21-24-6-4-3-5-7-24/h3-15,20H,16-19,21H2,1-2H3/b13-12+. The highest BCUT2D eigenvalue weighted by atomic mass is 16.2. The Labute approximate surface area is 201 Å². The molecule has 0 spiro atoms. The average molecular weight is 451 g/mol. The Bertz CT molecular complexity index is 1310. The van der Waals surface area contributed by atoms with Crippen LogP contribution in [0.2, 0.25) is 0 Å². The van der Waals surface area contributed by atoms with E-state index in [1.54, 1.807) is 6.08 Å². The SMILES string of the molecule is Cc1ccc(-c2nc3cc(C)ccn3c2/C=C/C(=O)N2CCN(Cc3ccccc3)CC2)cc1. The van der Waals surface area contributed by atoms with Crippen molar-refractivity contribution in [1.29, 1.82) is 0 Å². The lowest BCUT2D eigenvalue weighted by atomic mass is 10.1. The van der Waals surface area contributed by atoms with Crippen molar-refractivity contribution in [2.24, 2.45) is 0 Å². The van der Waals surface area contributed by atoms with Gasteiger partial charge in [-0.1, -0.05) is 60.2 Å². The number of carbonyl (C=O) groups is 1. The Hall–Kier alpha value is -3.70. The van der Waals surface area contributed by atoms with Crippen molar-refractivity contribution in [3.63, 3.8) is 0 Å². The fourth-order valence-corrected chi connectivity index (χ4v) is 4.47. The summed E-state index contributed by atoms with van der Waals surface area (Å²) in [5.74, 6) is 0.0521. The van der Waals surface area contributed by atoms with E-state index in [1.165, 1.54) is 11.1 Å². The third-order valence-electron chi connectivity index (χ3n) is 6.46. The number of benzene rings is 2. The van der Waals surface area contributed by atoms with Gasteiger partial charge in [0, 0.05) is 50.6 Å². The van der Waals surface area contributed by atoms with Crippen LogP contribution in [0.3, 0.4) is 0 Å². The van der Waals surface area contributed by atoms with Crippen molar-refractivity contribution in [2.45, 2.75) is 20.4 Å². The maximum Gasteiger partial charge on any atom is 0.246 e. The van der Waals surface area contributed by atoms with Gasteiger partial charge in [-0.05, 0) is 43.2 Å². The van der Waals surface area contributed by atoms with Crippen LogP contribution in [0.1, 0.15) is 22.4 Å². The lowest BCUT2D eigenvalue weighted by Crippen LogP contribution is -2.47. The fourth-order valence-electron chi connectivity index (χ4n) is 4.47. The third-order valence-corrected chi connectivity index (χ3v) is 6.46. The maximum atomic E-state index is 13.0. The number of nitrogens with zero attached hydrogens (tertiary/aromatic N) is 4. The van der Waals surface area contributed by atoms with E-state index in [-0.39, 0.29) is 5.91 Å². The van der Waals surface area contributed by atoms with Gasteiger partial charge in [0.15, 0.2) is 0 Å². The highest BCUT2D eigenvalue weighted by Gasteiger charge is 2.20. The second-order valence-corrected chi connectivity index (χ2v) is 9.06. The van der Waals surface area contributed by atoms with E-state index < -0.39 is 0 Å². The highest BCUT2D eigenvalue weighted by molar-refractivity contribution is 5.93. The Kier molecular flexibility index (Phi) is 6.28. The minimum atomic E-state index is 0.0521. The smallest absolute Gasteiger partial charge is 0.246 e. The van der Waals surface area contributed by atoms with E-state index in [4.69, 9.17) is 4.98 Å². The number of rotatable bonds is 5. The molecule has 2 aromatic heterocycles. The summed E-state index contributed by atoms with van der Waals surface area (Å²) in [5, 5.41) is 0. The van der Waals surface area contributed by atoms with E-state index in [0.29, 0.717) is 0 Å². The Morgan fingerprint density at radius 3 is 2.38 bits per heavy atom. The summed E-state index contributed by atoms with van der Waals surface area (Å²) < 4.78 is 2.06. The summed E-state index contributed by atoms with van der Waals surface area (Å²) in [6, 6.07) is 23.0. The molecule has 1 aliphatic rings. The Balaban J connectivity index is 1.33. The minimum Gasteiger partial charge on any atom is -0.337 e. The molecule has 1 amide bonds. The lowest BCUT2D eigenvalue weighted by molar-refractivity contribution is -0.127. The molecule has 0 unspecified atom stereocenters. The van der Waals surface area contributed by atoms with Gasteiger partial charge in [0.05, 0.1) is 11.4 Å². The molecular weight excluding hydrogens is 420 g/mol. The molecule has 34 heavy (non-hydrogen) atoms. The fraction of sp³-hybridized carbons (Fsp3) is 0.241. The molecule has 4 aromatic rings. The number of amides is 1. The monoisotopic (exact) mass is 450 g/mol. The van der Waals surface area contributed by atoms with E-state index in [1.807, 2.05) is 23.2 Å². The van der Waals surface area contributed by atoms with Crippen LogP contribution >= 0.6 is 0 Å². The van der Waals surface area contributed by atoms with Gasteiger partial charge in [-0.3, -0.25) is 14.1 Å². The number of aryl methyl sites for hydroxylation is 2. The van der Waals surface area contributed by atoms with Crippen molar-refractivity contribution in [3.8, 4) is 11.3 Å². The van der Waals surface area contributed by atoms with Crippen molar-refractivity contribution in [3.05, 3.63) is 101 Å². The molecule has 0 radical (unpaired) electrons. The summed E-state index contributed by atoms with van der Waals surface area (Å²) in [5.41, 5.74) is 7.44. The summed E-state index contributed by atoms with van der Waals surface area (Å²) in [7, 11) is 0. The van der Waals surface area contributed by atoms with Crippen LogP contribution in [0.5, 0.6) is 0 Å². The molecule has 1 fully saturated rings. The van der Waals surface area contributed by atoms with E-state index in [9.17, 15) is 4.79 Å². The topological polar surface area (TPSA) is 40.9 Å². The number of imidazole rings is 1. The van der Waals surface area contributed by atoms with Gasteiger partial charge in [0.2, 0.25) is 5.91 Å². The van der Waals surface area contributed by atoms with Gasteiger partial charge in [0.25, 0.3) is 0 Å². The zero-order valence-electron chi connectivity index (χ0n) is 19.8. The van der Waals surface area contributed by atoms with Crippen LogP contribution < -0.4 is 0 Å².